The zero-order valence-electron chi connectivity index (χ0n) is 11.0. The van der Waals surface area contributed by atoms with Crippen molar-refractivity contribution in [2.75, 3.05) is 19.9 Å². The first-order valence-electron chi connectivity index (χ1n) is 6.41. The van der Waals surface area contributed by atoms with Crippen LogP contribution in [0.1, 0.15) is 25.8 Å². The smallest absolute Gasteiger partial charge is 0.231 e. The van der Waals surface area contributed by atoms with Gasteiger partial charge < -0.3 is 19.9 Å². The van der Waals surface area contributed by atoms with Crippen LogP contribution in [0.4, 0.5) is 0 Å². The van der Waals surface area contributed by atoms with Gasteiger partial charge in [0.15, 0.2) is 11.5 Å². The Labute approximate surface area is 108 Å². The van der Waals surface area contributed by atoms with Crippen molar-refractivity contribution in [1.29, 1.82) is 0 Å². The van der Waals surface area contributed by atoms with E-state index in [0.29, 0.717) is 6.79 Å². The highest BCUT2D eigenvalue weighted by atomic mass is 16.7. The Kier molecular flexibility index (Phi) is 4.09. The maximum atomic E-state index is 9.44. The standard InChI is InChI=1S/C14H21NO3/c1-3-15-14(2,9-16)7-6-11-4-5-12-13(8-11)18-10-17-12/h4-5,8,15-16H,3,6-7,9-10H2,1-2H3. The number of aliphatic hydroxyl groups is 1. The van der Waals surface area contributed by atoms with Crippen LogP contribution in [0, 0.1) is 0 Å². The van der Waals surface area contributed by atoms with Crippen LogP contribution in [-0.4, -0.2) is 30.6 Å². The van der Waals surface area contributed by atoms with E-state index < -0.39 is 0 Å². The third kappa shape index (κ3) is 2.94. The Bertz CT molecular complexity index is 408. The van der Waals surface area contributed by atoms with Crippen molar-refractivity contribution >= 4 is 0 Å². The minimum Gasteiger partial charge on any atom is -0.454 e. The van der Waals surface area contributed by atoms with Crippen molar-refractivity contribution < 1.29 is 14.6 Å². The van der Waals surface area contributed by atoms with E-state index in [1.165, 1.54) is 5.56 Å². The van der Waals surface area contributed by atoms with Gasteiger partial charge in [-0.25, -0.2) is 0 Å². The first-order chi connectivity index (χ1) is 8.67. The van der Waals surface area contributed by atoms with Gasteiger partial charge >= 0.3 is 0 Å². The van der Waals surface area contributed by atoms with Crippen LogP contribution in [0.2, 0.25) is 0 Å². The van der Waals surface area contributed by atoms with Gasteiger partial charge in [-0.1, -0.05) is 13.0 Å². The number of likely N-dealkylation sites (N-methyl/N-ethyl adjacent to an activating group) is 1. The highest BCUT2D eigenvalue weighted by Crippen LogP contribution is 2.33. The maximum absolute atomic E-state index is 9.44. The summed E-state index contributed by atoms with van der Waals surface area (Å²) in [4.78, 5) is 0. The Morgan fingerprint density at radius 2 is 2.11 bits per heavy atom. The predicted molar refractivity (Wildman–Crippen MR) is 70.1 cm³/mol. The monoisotopic (exact) mass is 251 g/mol. The topological polar surface area (TPSA) is 50.7 Å². The van der Waals surface area contributed by atoms with E-state index in [2.05, 4.69) is 18.3 Å². The van der Waals surface area contributed by atoms with Crippen LogP contribution >= 0.6 is 0 Å². The third-order valence-corrected chi connectivity index (χ3v) is 3.35. The van der Waals surface area contributed by atoms with Gasteiger partial charge in [-0.2, -0.15) is 0 Å². The number of rotatable bonds is 6. The van der Waals surface area contributed by atoms with E-state index in [1.807, 2.05) is 19.1 Å². The lowest BCUT2D eigenvalue weighted by molar-refractivity contribution is 0.168. The predicted octanol–water partition coefficient (Wildman–Crippen LogP) is 1.71. The van der Waals surface area contributed by atoms with Gasteiger partial charge in [0, 0.05) is 5.54 Å². The molecule has 0 aliphatic carbocycles. The van der Waals surface area contributed by atoms with Crippen molar-refractivity contribution in [3.8, 4) is 11.5 Å². The molecular formula is C14H21NO3. The van der Waals surface area contributed by atoms with Gasteiger partial charge in [0.2, 0.25) is 6.79 Å². The lowest BCUT2D eigenvalue weighted by Gasteiger charge is -2.28. The van der Waals surface area contributed by atoms with Gasteiger partial charge in [-0.05, 0) is 44.0 Å². The van der Waals surface area contributed by atoms with Crippen LogP contribution < -0.4 is 14.8 Å². The summed E-state index contributed by atoms with van der Waals surface area (Å²) in [5, 5.41) is 12.8. The molecule has 0 spiro atoms. The first kappa shape index (κ1) is 13.2. The molecule has 1 heterocycles. The largest absolute Gasteiger partial charge is 0.454 e. The number of benzene rings is 1. The molecule has 2 rings (SSSR count). The quantitative estimate of drug-likeness (QED) is 0.808. The van der Waals surface area contributed by atoms with Crippen molar-refractivity contribution in [1.82, 2.24) is 5.32 Å². The first-order valence-corrected chi connectivity index (χ1v) is 6.41. The molecule has 2 N–H and O–H groups in total. The van der Waals surface area contributed by atoms with E-state index in [9.17, 15) is 5.11 Å². The molecule has 1 aliphatic rings. The molecule has 0 fully saturated rings. The summed E-state index contributed by atoms with van der Waals surface area (Å²) in [5.74, 6) is 1.64. The molecule has 0 saturated carbocycles. The molecule has 18 heavy (non-hydrogen) atoms. The average Bonchev–Trinajstić information content (AvgIpc) is 2.84. The Morgan fingerprint density at radius 3 is 2.83 bits per heavy atom. The molecule has 0 radical (unpaired) electrons. The Balaban J connectivity index is 1.97. The molecule has 4 nitrogen and oxygen atoms in total. The van der Waals surface area contributed by atoms with E-state index >= 15 is 0 Å². The molecule has 0 bridgehead atoms. The average molecular weight is 251 g/mol. The molecule has 1 aromatic rings. The van der Waals surface area contributed by atoms with Crippen LogP contribution in [0.15, 0.2) is 18.2 Å². The van der Waals surface area contributed by atoms with Gasteiger partial charge in [0.25, 0.3) is 0 Å². The fourth-order valence-corrected chi connectivity index (χ4v) is 2.17. The second-order valence-corrected chi connectivity index (χ2v) is 4.94. The summed E-state index contributed by atoms with van der Waals surface area (Å²) in [5.41, 5.74) is 0.988. The number of nitrogens with one attached hydrogen (secondary N) is 1. The Morgan fingerprint density at radius 1 is 1.33 bits per heavy atom. The highest BCUT2D eigenvalue weighted by molar-refractivity contribution is 5.44. The minimum atomic E-state index is -0.217. The lowest BCUT2D eigenvalue weighted by atomic mass is 9.94. The van der Waals surface area contributed by atoms with Crippen LogP contribution in [-0.2, 0) is 6.42 Å². The van der Waals surface area contributed by atoms with E-state index in [1.54, 1.807) is 0 Å². The summed E-state index contributed by atoms with van der Waals surface area (Å²) in [6.45, 7) is 5.41. The fourth-order valence-electron chi connectivity index (χ4n) is 2.17. The number of ether oxygens (including phenoxy) is 2. The molecule has 100 valence electrons. The molecule has 0 saturated heterocycles. The molecule has 1 aromatic carbocycles. The maximum Gasteiger partial charge on any atom is 0.231 e. The minimum absolute atomic E-state index is 0.144. The van der Waals surface area contributed by atoms with Crippen molar-refractivity contribution in [2.24, 2.45) is 0 Å². The summed E-state index contributed by atoms with van der Waals surface area (Å²) in [7, 11) is 0. The zero-order chi connectivity index (χ0) is 13.0. The van der Waals surface area contributed by atoms with Gasteiger partial charge in [0.1, 0.15) is 0 Å². The van der Waals surface area contributed by atoms with Gasteiger partial charge in [0.05, 0.1) is 6.61 Å². The van der Waals surface area contributed by atoms with Crippen molar-refractivity contribution in [3.05, 3.63) is 23.8 Å². The SMILES string of the molecule is CCNC(C)(CO)CCc1ccc2c(c1)OCO2. The van der Waals surface area contributed by atoms with Crippen LogP contribution in [0.25, 0.3) is 0 Å². The van der Waals surface area contributed by atoms with Crippen LogP contribution in [0.3, 0.4) is 0 Å². The normalized spacial score (nSPS) is 16.6. The number of fused-ring (bicyclic) bond motifs is 1. The number of hydrogen-bond donors (Lipinski definition) is 2. The van der Waals surface area contributed by atoms with E-state index in [0.717, 1.165) is 30.9 Å². The number of aryl methyl sites for hydroxylation is 1. The molecule has 1 atom stereocenters. The summed E-state index contributed by atoms with van der Waals surface area (Å²) in [6.07, 6.45) is 1.79. The van der Waals surface area contributed by atoms with Gasteiger partial charge in [-0.15, -0.1) is 0 Å². The highest BCUT2D eigenvalue weighted by Gasteiger charge is 2.22. The second kappa shape index (κ2) is 5.59. The molecule has 1 unspecified atom stereocenters. The van der Waals surface area contributed by atoms with Crippen LogP contribution in [0.5, 0.6) is 11.5 Å². The van der Waals surface area contributed by atoms with E-state index in [-0.39, 0.29) is 12.1 Å². The van der Waals surface area contributed by atoms with Crippen molar-refractivity contribution in [3.63, 3.8) is 0 Å². The number of hydrogen-bond acceptors (Lipinski definition) is 4. The number of aliphatic hydroxyl groups excluding tert-OH is 1. The zero-order valence-corrected chi connectivity index (χ0v) is 11.0. The van der Waals surface area contributed by atoms with E-state index in [4.69, 9.17) is 9.47 Å². The summed E-state index contributed by atoms with van der Waals surface area (Å²) in [6, 6.07) is 6.02. The molecule has 1 aliphatic heterocycles. The second-order valence-electron chi connectivity index (χ2n) is 4.94. The lowest BCUT2D eigenvalue weighted by Crippen LogP contribution is -2.45. The molecular weight excluding hydrogens is 230 g/mol. The fraction of sp³-hybridized carbons (Fsp3) is 0.571. The molecule has 4 heteroatoms. The van der Waals surface area contributed by atoms with Gasteiger partial charge in [-0.3, -0.25) is 0 Å². The summed E-state index contributed by atoms with van der Waals surface area (Å²) >= 11 is 0. The van der Waals surface area contributed by atoms with Crippen molar-refractivity contribution in [2.45, 2.75) is 32.2 Å². The molecule has 0 amide bonds. The Hall–Kier alpha value is -1.26. The third-order valence-electron chi connectivity index (χ3n) is 3.35. The summed E-state index contributed by atoms with van der Waals surface area (Å²) < 4.78 is 10.6. The molecule has 0 aromatic heterocycles.